The van der Waals surface area contributed by atoms with Gasteiger partial charge in [0.1, 0.15) is 11.4 Å². The molecule has 1 atom stereocenters. The predicted molar refractivity (Wildman–Crippen MR) is 105 cm³/mol. The third kappa shape index (κ3) is 3.39. The minimum Gasteiger partial charge on any atom is -0.483 e. The van der Waals surface area contributed by atoms with E-state index in [2.05, 4.69) is 12.2 Å². The summed E-state index contributed by atoms with van der Waals surface area (Å²) in [6, 6.07) is 15.1. The maximum atomic E-state index is 13.1. The van der Waals surface area contributed by atoms with Gasteiger partial charge in [-0.1, -0.05) is 42.5 Å². The first-order valence-corrected chi connectivity index (χ1v) is 9.45. The molecule has 2 aromatic carbocycles. The Bertz CT molecular complexity index is 917. The molecule has 0 aromatic heterocycles. The van der Waals surface area contributed by atoms with Crippen molar-refractivity contribution >= 4 is 17.8 Å². The number of nitrogens with zero attached hydrogens (tertiary/aromatic N) is 1. The van der Waals surface area contributed by atoms with Gasteiger partial charge in [-0.3, -0.25) is 9.59 Å². The fraction of sp³-hybridized carbons (Fsp3) is 0.304. The summed E-state index contributed by atoms with van der Waals surface area (Å²) < 4.78 is 6.36. The van der Waals surface area contributed by atoms with Crippen LogP contribution in [0.3, 0.4) is 0 Å². The average Bonchev–Trinajstić information content (AvgIpc) is 2.90. The third-order valence-corrected chi connectivity index (χ3v) is 5.46. The first-order valence-electron chi connectivity index (χ1n) is 9.45. The topological polar surface area (TPSA) is 46.6 Å². The molecule has 0 bridgehead atoms. The number of hydrogen-bond acceptors (Lipinski definition) is 3. The molecule has 2 aromatic rings. The average molecular weight is 361 g/mol. The molecule has 4 nitrogen and oxygen atoms in total. The molecule has 2 heterocycles. The number of ether oxygens (including phenoxy) is 1. The van der Waals surface area contributed by atoms with E-state index in [1.807, 2.05) is 35.2 Å². The van der Waals surface area contributed by atoms with Gasteiger partial charge in [-0.05, 0) is 38.0 Å². The van der Waals surface area contributed by atoms with E-state index in [9.17, 15) is 9.59 Å². The highest BCUT2D eigenvalue weighted by molar-refractivity contribution is 6.07. The van der Waals surface area contributed by atoms with Gasteiger partial charge < -0.3 is 9.64 Å². The zero-order valence-corrected chi connectivity index (χ0v) is 15.5. The van der Waals surface area contributed by atoms with Gasteiger partial charge >= 0.3 is 0 Å². The van der Waals surface area contributed by atoms with Crippen molar-refractivity contribution < 1.29 is 14.3 Å². The summed E-state index contributed by atoms with van der Waals surface area (Å²) in [6.45, 7) is 2.78. The van der Waals surface area contributed by atoms with E-state index in [1.165, 1.54) is 6.92 Å². The van der Waals surface area contributed by atoms with E-state index in [1.54, 1.807) is 18.2 Å². The molecule has 138 valence electrons. The minimum atomic E-state index is -0.358. The number of carbonyl (C=O) groups excluding carboxylic acids is 2. The smallest absolute Gasteiger partial charge is 0.254 e. The van der Waals surface area contributed by atoms with E-state index in [4.69, 9.17) is 4.74 Å². The molecule has 2 aliphatic rings. The molecule has 1 amide bonds. The number of amides is 1. The standard InChI is InChI=1S/C23H23NO3/c1-17(25)19-8-3-4-9-20(19)22(26)24-15-6-12-23(14-16-24)13-11-18-7-2-5-10-21(18)27-23/h2-5,7-11,13H,6,12,14-16H2,1H3. The van der Waals surface area contributed by atoms with Gasteiger partial charge in [-0.2, -0.15) is 0 Å². The molecule has 27 heavy (non-hydrogen) atoms. The summed E-state index contributed by atoms with van der Waals surface area (Å²) in [5.74, 6) is 0.750. The SMILES string of the molecule is CC(=O)c1ccccc1C(=O)N1CCCC2(C=Cc3ccccc3O2)CC1. The lowest BCUT2D eigenvalue weighted by Crippen LogP contribution is -2.38. The zero-order valence-electron chi connectivity index (χ0n) is 15.5. The highest BCUT2D eigenvalue weighted by atomic mass is 16.5. The fourth-order valence-corrected chi connectivity index (χ4v) is 3.95. The lowest BCUT2D eigenvalue weighted by Gasteiger charge is -2.34. The molecule has 1 fully saturated rings. The highest BCUT2D eigenvalue weighted by Crippen LogP contribution is 2.37. The van der Waals surface area contributed by atoms with Crippen LogP contribution in [0.1, 0.15) is 52.5 Å². The van der Waals surface area contributed by atoms with E-state index < -0.39 is 0 Å². The molecule has 4 heteroatoms. The summed E-state index contributed by atoms with van der Waals surface area (Å²) in [4.78, 5) is 26.8. The number of hydrogen-bond donors (Lipinski definition) is 0. The van der Waals surface area contributed by atoms with Gasteiger partial charge in [0.25, 0.3) is 5.91 Å². The quantitative estimate of drug-likeness (QED) is 0.747. The highest BCUT2D eigenvalue weighted by Gasteiger charge is 2.36. The molecule has 1 unspecified atom stereocenters. The van der Waals surface area contributed by atoms with Crippen LogP contribution in [-0.2, 0) is 0 Å². The Hall–Kier alpha value is -2.88. The van der Waals surface area contributed by atoms with E-state index in [-0.39, 0.29) is 17.3 Å². The maximum absolute atomic E-state index is 13.1. The largest absolute Gasteiger partial charge is 0.483 e. The van der Waals surface area contributed by atoms with Gasteiger partial charge in [0.05, 0.1) is 5.56 Å². The van der Waals surface area contributed by atoms with Crippen LogP contribution in [0.15, 0.2) is 54.6 Å². The van der Waals surface area contributed by atoms with Crippen molar-refractivity contribution in [3.63, 3.8) is 0 Å². The van der Waals surface area contributed by atoms with Gasteiger partial charge in [0.2, 0.25) is 0 Å². The number of rotatable bonds is 2. The number of benzene rings is 2. The van der Waals surface area contributed by atoms with Crippen LogP contribution in [0.2, 0.25) is 0 Å². The number of para-hydroxylation sites is 1. The van der Waals surface area contributed by atoms with Gasteiger partial charge in [-0.25, -0.2) is 0 Å². The van der Waals surface area contributed by atoms with Crippen molar-refractivity contribution in [1.29, 1.82) is 0 Å². The Labute approximate surface area is 159 Å². The Morgan fingerprint density at radius 2 is 1.70 bits per heavy atom. The number of Topliss-reactive ketones (excluding diaryl/α,β-unsaturated/α-hetero) is 1. The molecular weight excluding hydrogens is 338 g/mol. The number of ketones is 1. The molecule has 1 saturated heterocycles. The Balaban J connectivity index is 1.53. The molecule has 1 spiro atoms. The van der Waals surface area contributed by atoms with Crippen molar-refractivity contribution in [3.05, 3.63) is 71.3 Å². The molecule has 0 N–H and O–H groups in total. The van der Waals surface area contributed by atoms with Crippen molar-refractivity contribution in [2.75, 3.05) is 13.1 Å². The molecule has 2 aliphatic heterocycles. The predicted octanol–water partition coefficient (Wildman–Crippen LogP) is 4.36. The second kappa shape index (κ2) is 7.03. The maximum Gasteiger partial charge on any atom is 0.254 e. The summed E-state index contributed by atoms with van der Waals surface area (Å²) in [5, 5.41) is 0. The van der Waals surface area contributed by atoms with Crippen LogP contribution in [0.4, 0.5) is 0 Å². The first kappa shape index (κ1) is 17.5. The lowest BCUT2D eigenvalue weighted by molar-refractivity contribution is 0.0726. The van der Waals surface area contributed by atoms with E-state index in [0.717, 1.165) is 30.6 Å². The number of carbonyl (C=O) groups is 2. The number of likely N-dealkylation sites (tertiary alicyclic amines) is 1. The van der Waals surface area contributed by atoms with Gasteiger partial charge in [-0.15, -0.1) is 0 Å². The van der Waals surface area contributed by atoms with Crippen molar-refractivity contribution in [1.82, 2.24) is 4.90 Å². The van der Waals surface area contributed by atoms with Crippen LogP contribution < -0.4 is 4.74 Å². The summed E-state index contributed by atoms with van der Waals surface area (Å²) in [6.07, 6.45) is 6.75. The van der Waals surface area contributed by atoms with Crippen LogP contribution in [0.25, 0.3) is 6.08 Å². The molecule has 0 radical (unpaired) electrons. The Morgan fingerprint density at radius 1 is 0.963 bits per heavy atom. The van der Waals surface area contributed by atoms with Crippen molar-refractivity contribution in [2.45, 2.75) is 31.8 Å². The molecular formula is C23H23NO3. The monoisotopic (exact) mass is 361 g/mol. The van der Waals surface area contributed by atoms with Gasteiger partial charge in [0.15, 0.2) is 5.78 Å². The van der Waals surface area contributed by atoms with Gasteiger partial charge in [0, 0.05) is 30.6 Å². The van der Waals surface area contributed by atoms with Crippen molar-refractivity contribution in [2.24, 2.45) is 0 Å². The number of fused-ring (bicyclic) bond motifs is 1. The second-order valence-electron chi connectivity index (χ2n) is 7.29. The van der Waals surface area contributed by atoms with E-state index in [0.29, 0.717) is 24.2 Å². The molecule has 4 rings (SSSR count). The van der Waals surface area contributed by atoms with Crippen LogP contribution in [-0.4, -0.2) is 35.3 Å². The lowest BCUT2D eigenvalue weighted by atomic mass is 9.91. The summed E-state index contributed by atoms with van der Waals surface area (Å²) in [5.41, 5.74) is 1.72. The normalized spacial score (nSPS) is 21.3. The Morgan fingerprint density at radius 3 is 2.52 bits per heavy atom. The van der Waals surface area contributed by atoms with E-state index >= 15 is 0 Å². The Kier molecular flexibility index (Phi) is 4.56. The molecule has 0 saturated carbocycles. The molecule has 0 aliphatic carbocycles. The van der Waals surface area contributed by atoms with Crippen molar-refractivity contribution in [3.8, 4) is 5.75 Å². The zero-order chi connectivity index (χ0) is 18.9. The minimum absolute atomic E-state index is 0.0713. The fourth-order valence-electron chi connectivity index (χ4n) is 3.95. The van der Waals surface area contributed by atoms with Crippen LogP contribution >= 0.6 is 0 Å². The van der Waals surface area contributed by atoms with Crippen LogP contribution in [0.5, 0.6) is 5.75 Å². The van der Waals surface area contributed by atoms with Crippen LogP contribution in [0, 0.1) is 0 Å². The summed E-state index contributed by atoms with van der Waals surface area (Å²) in [7, 11) is 0. The summed E-state index contributed by atoms with van der Waals surface area (Å²) >= 11 is 0. The third-order valence-electron chi connectivity index (χ3n) is 5.46. The first-order chi connectivity index (χ1) is 13.1. The second-order valence-corrected chi connectivity index (χ2v) is 7.29.